The van der Waals surface area contributed by atoms with E-state index in [2.05, 4.69) is 4.90 Å². The lowest BCUT2D eigenvalue weighted by Crippen LogP contribution is -2.42. The molecule has 1 saturated heterocycles. The third-order valence-electron chi connectivity index (χ3n) is 1.88. The Morgan fingerprint density at radius 1 is 1.36 bits per heavy atom. The zero-order valence-corrected chi connectivity index (χ0v) is 10.2. The lowest BCUT2D eigenvalue weighted by atomic mass is 10.4. The van der Waals surface area contributed by atoms with Gasteiger partial charge in [0, 0.05) is 13.1 Å². The number of nitrogens with zero attached hydrogens (tertiary/aromatic N) is 1. The van der Waals surface area contributed by atoms with Crippen LogP contribution in [0.1, 0.15) is 0 Å². The number of carbonyl (C=O) groups is 1. The molecule has 14 heavy (non-hydrogen) atoms. The van der Waals surface area contributed by atoms with Crippen molar-refractivity contribution in [1.82, 2.24) is 4.90 Å². The van der Waals surface area contributed by atoms with E-state index in [9.17, 15) is 4.79 Å². The molecule has 0 radical (unpaired) electrons. The summed E-state index contributed by atoms with van der Waals surface area (Å²) in [5.74, 6) is -0.0916. The van der Waals surface area contributed by atoms with Gasteiger partial charge in [0.25, 0.3) is 0 Å². The number of carbonyl (C=O) groups excluding carboxylic acids is 1. The predicted octanol–water partition coefficient (Wildman–Crippen LogP) is 0.697. The van der Waals surface area contributed by atoms with Crippen LogP contribution in [0.4, 0.5) is 0 Å². The minimum absolute atomic E-state index is 0.0916. The Balaban J connectivity index is 2.25. The van der Waals surface area contributed by atoms with E-state index < -0.39 is 8.32 Å². The maximum absolute atomic E-state index is 11.5. The van der Waals surface area contributed by atoms with Gasteiger partial charge in [0.15, 0.2) is 0 Å². The number of ether oxygens (including phenoxy) is 1. The van der Waals surface area contributed by atoms with Gasteiger partial charge in [-0.15, -0.1) is 0 Å². The van der Waals surface area contributed by atoms with Crippen molar-refractivity contribution in [2.45, 2.75) is 19.6 Å². The molecule has 1 heterocycles. The van der Waals surface area contributed by atoms with Crippen LogP contribution in [0.25, 0.3) is 0 Å². The largest absolute Gasteiger partial charge is 0.519 e. The molecule has 0 spiro atoms. The van der Waals surface area contributed by atoms with E-state index in [-0.39, 0.29) is 5.97 Å². The summed E-state index contributed by atoms with van der Waals surface area (Å²) in [7, 11) is -1.71. The van der Waals surface area contributed by atoms with E-state index in [0.29, 0.717) is 6.54 Å². The van der Waals surface area contributed by atoms with Gasteiger partial charge >= 0.3 is 5.97 Å². The smallest absolute Gasteiger partial charge is 0.306 e. The van der Waals surface area contributed by atoms with Crippen molar-refractivity contribution >= 4 is 14.3 Å². The fourth-order valence-corrected chi connectivity index (χ4v) is 2.06. The molecule has 0 aromatic carbocycles. The molecule has 0 saturated carbocycles. The first-order valence-electron chi connectivity index (χ1n) is 4.99. The third-order valence-corrected chi connectivity index (χ3v) is 2.72. The molecule has 0 unspecified atom stereocenters. The summed E-state index contributed by atoms with van der Waals surface area (Å²) in [5, 5.41) is 0. The fraction of sp³-hybridized carbons (Fsp3) is 0.889. The second-order valence-electron chi connectivity index (χ2n) is 4.47. The fourth-order valence-electron chi connectivity index (χ4n) is 1.32. The second kappa shape index (κ2) is 4.91. The Morgan fingerprint density at radius 3 is 2.43 bits per heavy atom. The predicted molar refractivity (Wildman–Crippen MR) is 56.7 cm³/mol. The van der Waals surface area contributed by atoms with Gasteiger partial charge in [0.2, 0.25) is 8.32 Å². The van der Waals surface area contributed by atoms with E-state index in [1.54, 1.807) is 0 Å². The summed E-state index contributed by atoms with van der Waals surface area (Å²) in [6.07, 6.45) is 0. The van der Waals surface area contributed by atoms with Crippen molar-refractivity contribution in [3.8, 4) is 0 Å². The van der Waals surface area contributed by atoms with Crippen LogP contribution >= 0.6 is 0 Å². The maximum atomic E-state index is 11.5. The SMILES string of the molecule is C[Si](C)(C)OC(=O)CN1CCOCC1. The number of morpholine rings is 1. The minimum Gasteiger partial charge on any atom is -0.519 e. The average molecular weight is 217 g/mol. The Morgan fingerprint density at radius 2 is 1.93 bits per heavy atom. The van der Waals surface area contributed by atoms with Gasteiger partial charge in [-0.25, -0.2) is 0 Å². The highest BCUT2D eigenvalue weighted by molar-refractivity contribution is 6.71. The van der Waals surface area contributed by atoms with Crippen molar-refractivity contribution in [2.24, 2.45) is 0 Å². The molecule has 0 N–H and O–H groups in total. The summed E-state index contributed by atoms with van der Waals surface area (Å²) in [6, 6.07) is 0. The van der Waals surface area contributed by atoms with Crippen molar-refractivity contribution in [1.29, 1.82) is 0 Å². The molecule has 1 aliphatic heterocycles. The minimum atomic E-state index is -1.71. The molecule has 5 heteroatoms. The van der Waals surface area contributed by atoms with Gasteiger partial charge in [-0.1, -0.05) is 0 Å². The summed E-state index contributed by atoms with van der Waals surface area (Å²) < 4.78 is 10.6. The van der Waals surface area contributed by atoms with Crippen LogP contribution in [0.2, 0.25) is 19.6 Å². The van der Waals surface area contributed by atoms with Crippen LogP contribution in [-0.2, 0) is 14.0 Å². The van der Waals surface area contributed by atoms with Crippen LogP contribution < -0.4 is 0 Å². The summed E-state index contributed by atoms with van der Waals surface area (Å²) in [6.45, 7) is 9.58. The van der Waals surface area contributed by atoms with Crippen LogP contribution in [0.5, 0.6) is 0 Å². The lowest BCUT2D eigenvalue weighted by molar-refractivity contribution is -0.137. The maximum Gasteiger partial charge on any atom is 0.306 e. The molecule has 1 rings (SSSR count). The van der Waals surface area contributed by atoms with Crippen LogP contribution in [0.15, 0.2) is 0 Å². The van der Waals surface area contributed by atoms with E-state index in [0.717, 1.165) is 26.3 Å². The summed E-state index contributed by atoms with van der Waals surface area (Å²) in [5.41, 5.74) is 0. The van der Waals surface area contributed by atoms with Gasteiger partial charge < -0.3 is 9.16 Å². The molecular formula is C9H19NO3Si. The quantitative estimate of drug-likeness (QED) is 0.652. The Bertz CT molecular complexity index is 197. The number of rotatable bonds is 3. The molecule has 0 aromatic rings. The highest BCUT2D eigenvalue weighted by atomic mass is 28.4. The summed E-state index contributed by atoms with van der Waals surface area (Å²) >= 11 is 0. The molecule has 0 aliphatic carbocycles. The van der Waals surface area contributed by atoms with Gasteiger partial charge in [-0.05, 0) is 19.6 Å². The van der Waals surface area contributed by atoms with Gasteiger partial charge in [0.1, 0.15) is 0 Å². The Kier molecular flexibility index (Phi) is 4.09. The first-order chi connectivity index (χ1) is 6.47. The van der Waals surface area contributed by atoms with Crippen molar-refractivity contribution in [3.05, 3.63) is 0 Å². The van der Waals surface area contributed by atoms with E-state index in [4.69, 9.17) is 9.16 Å². The molecule has 1 aliphatic rings. The normalized spacial score (nSPS) is 19.4. The summed E-state index contributed by atoms with van der Waals surface area (Å²) in [4.78, 5) is 13.5. The molecule has 0 aromatic heterocycles. The third kappa shape index (κ3) is 4.73. The van der Waals surface area contributed by atoms with Crippen molar-refractivity contribution < 1.29 is 14.0 Å². The Labute approximate surface area is 86.3 Å². The zero-order valence-electron chi connectivity index (χ0n) is 9.21. The standard InChI is InChI=1S/C9H19NO3Si/c1-14(2,3)13-9(11)8-10-4-6-12-7-5-10/h4-8H2,1-3H3. The van der Waals surface area contributed by atoms with E-state index >= 15 is 0 Å². The van der Waals surface area contributed by atoms with Crippen LogP contribution in [0, 0.1) is 0 Å². The van der Waals surface area contributed by atoms with Gasteiger partial charge in [-0.2, -0.15) is 0 Å². The second-order valence-corrected chi connectivity index (χ2v) is 8.90. The van der Waals surface area contributed by atoms with Gasteiger partial charge in [-0.3, -0.25) is 9.69 Å². The molecule has 1 fully saturated rings. The van der Waals surface area contributed by atoms with Gasteiger partial charge in [0.05, 0.1) is 19.8 Å². The lowest BCUT2D eigenvalue weighted by Gasteiger charge is -2.27. The highest BCUT2D eigenvalue weighted by Crippen LogP contribution is 2.04. The first-order valence-corrected chi connectivity index (χ1v) is 8.40. The van der Waals surface area contributed by atoms with Crippen molar-refractivity contribution in [2.75, 3.05) is 32.8 Å². The highest BCUT2D eigenvalue weighted by Gasteiger charge is 2.22. The first kappa shape index (κ1) is 11.7. The zero-order chi connectivity index (χ0) is 10.6. The molecule has 82 valence electrons. The molecular weight excluding hydrogens is 198 g/mol. The number of hydrogen-bond acceptors (Lipinski definition) is 4. The Hall–Kier alpha value is -0.393. The molecule has 0 amide bonds. The molecule has 0 bridgehead atoms. The van der Waals surface area contributed by atoms with E-state index in [1.165, 1.54) is 0 Å². The van der Waals surface area contributed by atoms with Crippen LogP contribution in [-0.4, -0.2) is 52.0 Å². The van der Waals surface area contributed by atoms with Crippen molar-refractivity contribution in [3.63, 3.8) is 0 Å². The van der Waals surface area contributed by atoms with Crippen LogP contribution in [0.3, 0.4) is 0 Å². The topological polar surface area (TPSA) is 38.8 Å². The monoisotopic (exact) mass is 217 g/mol. The molecule has 4 nitrogen and oxygen atoms in total. The average Bonchev–Trinajstić information content (AvgIpc) is 2.02. The number of hydrogen-bond donors (Lipinski definition) is 0. The molecule has 0 atom stereocenters. The van der Waals surface area contributed by atoms with E-state index in [1.807, 2.05) is 19.6 Å².